The van der Waals surface area contributed by atoms with E-state index in [1.54, 1.807) is 60.1 Å². The number of carbonyl (C=O) groups is 2. The van der Waals surface area contributed by atoms with Gasteiger partial charge in [0, 0.05) is 22.7 Å². The Balaban J connectivity index is 1.70. The molecule has 26 heavy (non-hydrogen) atoms. The Hall–Kier alpha value is -2.63. The summed E-state index contributed by atoms with van der Waals surface area (Å²) in [5.74, 6) is -0.460. The minimum absolute atomic E-state index is 0.00113. The van der Waals surface area contributed by atoms with Crippen molar-refractivity contribution in [2.45, 2.75) is 6.61 Å². The molecule has 1 heterocycles. The van der Waals surface area contributed by atoms with Crippen LogP contribution in [0, 0.1) is 0 Å². The fraction of sp³-hybridized carbons (Fsp3) is 0.105. The number of ether oxygens (including phenoxy) is 1. The van der Waals surface area contributed by atoms with E-state index in [4.69, 9.17) is 27.9 Å². The summed E-state index contributed by atoms with van der Waals surface area (Å²) in [4.78, 5) is 28.7. The van der Waals surface area contributed by atoms with Gasteiger partial charge in [-0.15, -0.1) is 0 Å². The van der Waals surface area contributed by atoms with Crippen molar-refractivity contribution in [3.63, 3.8) is 0 Å². The topological polar surface area (TPSA) is 61.2 Å². The molecule has 7 heteroatoms. The number of nitrogens with zero attached hydrogens (tertiary/aromatic N) is 2. The summed E-state index contributed by atoms with van der Waals surface area (Å²) >= 11 is 11.6. The predicted octanol–water partition coefficient (Wildman–Crippen LogP) is 4.31. The molecular weight excluding hydrogens is 375 g/mol. The van der Waals surface area contributed by atoms with Gasteiger partial charge in [-0.25, -0.2) is 9.78 Å². The maximum absolute atomic E-state index is 12.5. The van der Waals surface area contributed by atoms with E-state index < -0.39 is 5.97 Å². The minimum atomic E-state index is -0.478. The molecule has 0 atom stereocenters. The monoisotopic (exact) mass is 388 g/mol. The van der Waals surface area contributed by atoms with Gasteiger partial charge in [-0.2, -0.15) is 0 Å². The lowest BCUT2D eigenvalue weighted by Crippen LogP contribution is -2.12. The van der Waals surface area contributed by atoms with Crippen LogP contribution in [0.2, 0.25) is 10.0 Å². The van der Waals surface area contributed by atoms with Crippen LogP contribution in [-0.4, -0.2) is 21.3 Å². The molecule has 3 rings (SSSR count). The third-order valence-corrected chi connectivity index (χ3v) is 4.33. The number of ketones is 1. The fourth-order valence-corrected chi connectivity index (χ4v) is 2.58. The van der Waals surface area contributed by atoms with Crippen LogP contribution in [0.4, 0.5) is 0 Å². The highest BCUT2D eigenvalue weighted by Gasteiger charge is 2.17. The van der Waals surface area contributed by atoms with Crippen LogP contribution in [0.15, 0.2) is 54.7 Å². The Morgan fingerprint density at radius 1 is 0.962 bits per heavy atom. The molecule has 1 aromatic heterocycles. The molecule has 0 saturated carbocycles. The first-order chi connectivity index (χ1) is 12.5. The van der Waals surface area contributed by atoms with E-state index >= 15 is 0 Å². The predicted molar refractivity (Wildman–Crippen MR) is 98.7 cm³/mol. The van der Waals surface area contributed by atoms with E-state index in [0.717, 1.165) is 0 Å². The molecule has 0 saturated heterocycles. The van der Waals surface area contributed by atoms with Gasteiger partial charge in [0.2, 0.25) is 5.78 Å². The summed E-state index contributed by atoms with van der Waals surface area (Å²) in [5, 5.41) is 1.09. The van der Waals surface area contributed by atoms with Crippen LogP contribution in [0.1, 0.15) is 32.2 Å². The number of hydrogen-bond donors (Lipinski definition) is 0. The summed E-state index contributed by atoms with van der Waals surface area (Å²) in [7, 11) is 1.70. The van der Waals surface area contributed by atoms with Crippen LogP contribution in [-0.2, 0) is 18.4 Å². The van der Waals surface area contributed by atoms with Gasteiger partial charge >= 0.3 is 5.97 Å². The third-order valence-electron chi connectivity index (χ3n) is 3.82. The number of benzene rings is 2. The Morgan fingerprint density at radius 3 is 2.08 bits per heavy atom. The second-order valence-electron chi connectivity index (χ2n) is 5.55. The molecule has 0 amide bonds. The lowest BCUT2D eigenvalue weighted by Gasteiger charge is -2.07. The molecule has 0 radical (unpaired) electrons. The molecular formula is C19H14Cl2N2O3. The Labute approximate surface area is 160 Å². The Bertz CT molecular complexity index is 948. The lowest BCUT2D eigenvalue weighted by molar-refractivity contribution is 0.0464. The summed E-state index contributed by atoms with van der Waals surface area (Å²) in [5.41, 5.74) is 1.48. The number of carbonyl (C=O) groups excluding carboxylic acids is 2. The number of rotatable bonds is 5. The van der Waals surface area contributed by atoms with Gasteiger partial charge in [0.25, 0.3) is 0 Å². The van der Waals surface area contributed by atoms with Gasteiger partial charge in [0.1, 0.15) is 6.61 Å². The molecule has 0 spiro atoms. The van der Waals surface area contributed by atoms with Gasteiger partial charge in [-0.1, -0.05) is 23.2 Å². The standard InChI is InChI=1S/C19H14Cl2N2O3/c1-23-16(11-26-19(25)13-4-8-15(21)9-5-13)10-22-18(23)17(24)12-2-6-14(20)7-3-12/h2-10H,11H2,1H3. The smallest absolute Gasteiger partial charge is 0.338 e. The summed E-state index contributed by atoms with van der Waals surface area (Å²) < 4.78 is 6.88. The molecule has 0 fully saturated rings. The van der Waals surface area contributed by atoms with Crippen molar-refractivity contribution in [3.05, 3.63) is 87.4 Å². The summed E-state index contributed by atoms with van der Waals surface area (Å²) in [6.45, 7) is -0.00113. The molecule has 0 N–H and O–H groups in total. The highest BCUT2D eigenvalue weighted by molar-refractivity contribution is 6.31. The minimum Gasteiger partial charge on any atom is -0.456 e. The molecule has 0 aliphatic rings. The highest BCUT2D eigenvalue weighted by Crippen LogP contribution is 2.15. The van der Waals surface area contributed by atoms with Crippen molar-refractivity contribution in [2.24, 2.45) is 7.05 Å². The van der Waals surface area contributed by atoms with Gasteiger partial charge in [0.15, 0.2) is 5.82 Å². The van der Waals surface area contributed by atoms with Crippen LogP contribution in [0.5, 0.6) is 0 Å². The van der Waals surface area contributed by atoms with E-state index in [2.05, 4.69) is 4.98 Å². The largest absolute Gasteiger partial charge is 0.456 e. The number of halogens is 2. The van der Waals surface area contributed by atoms with Crippen molar-refractivity contribution in [2.75, 3.05) is 0 Å². The maximum atomic E-state index is 12.5. The molecule has 0 bridgehead atoms. The van der Waals surface area contributed by atoms with Crippen molar-refractivity contribution in [1.82, 2.24) is 9.55 Å². The van der Waals surface area contributed by atoms with Gasteiger partial charge in [0.05, 0.1) is 17.5 Å². The van der Waals surface area contributed by atoms with E-state index in [1.165, 1.54) is 6.20 Å². The SMILES string of the molecule is Cn1c(COC(=O)c2ccc(Cl)cc2)cnc1C(=O)c1ccc(Cl)cc1. The first-order valence-electron chi connectivity index (χ1n) is 7.69. The van der Waals surface area contributed by atoms with E-state index in [0.29, 0.717) is 26.9 Å². The molecule has 0 aliphatic heterocycles. The van der Waals surface area contributed by atoms with Crippen molar-refractivity contribution in [1.29, 1.82) is 0 Å². The maximum Gasteiger partial charge on any atom is 0.338 e. The van der Waals surface area contributed by atoms with Crippen molar-refractivity contribution < 1.29 is 14.3 Å². The normalized spacial score (nSPS) is 10.6. The third kappa shape index (κ3) is 3.95. The van der Waals surface area contributed by atoms with Gasteiger partial charge in [-0.05, 0) is 48.5 Å². The summed E-state index contributed by atoms with van der Waals surface area (Å²) in [6.07, 6.45) is 1.51. The first kappa shape index (κ1) is 18.2. The van der Waals surface area contributed by atoms with Gasteiger partial charge in [-0.3, -0.25) is 4.79 Å². The fourth-order valence-electron chi connectivity index (χ4n) is 2.33. The molecule has 0 unspecified atom stereocenters. The first-order valence-corrected chi connectivity index (χ1v) is 8.45. The highest BCUT2D eigenvalue weighted by atomic mass is 35.5. The summed E-state index contributed by atoms with van der Waals surface area (Å²) in [6, 6.07) is 13.0. The zero-order chi connectivity index (χ0) is 18.7. The zero-order valence-corrected chi connectivity index (χ0v) is 15.3. The molecule has 3 aromatic rings. The average molecular weight is 389 g/mol. The number of esters is 1. The average Bonchev–Trinajstić information content (AvgIpc) is 3.01. The van der Waals surface area contributed by atoms with Crippen molar-refractivity contribution in [3.8, 4) is 0 Å². The Kier molecular flexibility index (Phi) is 5.40. The molecule has 132 valence electrons. The number of imidazole rings is 1. The van der Waals surface area contributed by atoms with E-state index in [9.17, 15) is 9.59 Å². The second kappa shape index (κ2) is 7.72. The Morgan fingerprint density at radius 2 is 1.50 bits per heavy atom. The van der Waals surface area contributed by atoms with E-state index in [-0.39, 0.29) is 18.2 Å². The molecule has 0 aliphatic carbocycles. The molecule has 2 aromatic carbocycles. The lowest BCUT2D eigenvalue weighted by atomic mass is 10.1. The van der Waals surface area contributed by atoms with Crippen LogP contribution < -0.4 is 0 Å². The quantitative estimate of drug-likeness (QED) is 0.482. The zero-order valence-electron chi connectivity index (χ0n) is 13.8. The van der Waals surface area contributed by atoms with Crippen LogP contribution in [0.3, 0.4) is 0 Å². The number of hydrogen-bond acceptors (Lipinski definition) is 4. The molecule has 5 nitrogen and oxygen atoms in total. The van der Waals surface area contributed by atoms with Crippen LogP contribution >= 0.6 is 23.2 Å². The number of aromatic nitrogens is 2. The van der Waals surface area contributed by atoms with Crippen LogP contribution in [0.25, 0.3) is 0 Å². The van der Waals surface area contributed by atoms with E-state index in [1.807, 2.05) is 0 Å². The van der Waals surface area contributed by atoms with Crippen molar-refractivity contribution >= 4 is 35.0 Å². The van der Waals surface area contributed by atoms with Gasteiger partial charge < -0.3 is 9.30 Å². The second-order valence-corrected chi connectivity index (χ2v) is 6.42.